The van der Waals surface area contributed by atoms with Crippen LogP contribution in [0.15, 0.2) is 53.6 Å². The summed E-state index contributed by atoms with van der Waals surface area (Å²) in [6, 6.07) is 11.0. The van der Waals surface area contributed by atoms with Gasteiger partial charge >= 0.3 is 5.97 Å². The van der Waals surface area contributed by atoms with Crippen LogP contribution in [0.5, 0.6) is 0 Å². The number of halogens is 1. The first-order valence-corrected chi connectivity index (χ1v) is 18.2. The molecule has 4 aromatic rings. The molecule has 272 valence electrons. The minimum absolute atomic E-state index is 0.183. The van der Waals surface area contributed by atoms with E-state index in [2.05, 4.69) is 31.6 Å². The van der Waals surface area contributed by atoms with E-state index in [0.717, 1.165) is 64.2 Å². The van der Waals surface area contributed by atoms with Crippen molar-refractivity contribution in [2.24, 2.45) is 7.05 Å². The minimum Gasteiger partial charge on any atom is -0.461 e. The van der Waals surface area contributed by atoms with Crippen molar-refractivity contribution >= 4 is 34.8 Å². The van der Waals surface area contributed by atoms with Crippen molar-refractivity contribution in [1.29, 1.82) is 0 Å². The number of esters is 1. The van der Waals surface area contributed by atoms with Crippen molar-refractivity contribution in [1.82, 2.24) is 19.0 Å². The third kappa shape index (κ3) is 6.36. The summed E-state index contributed by atoms with van der Waals surface area (Å²) in [5, 5.41) is 3.17. The number of nitrogens with zero attached hydrogens (tertiary/aromatic N) is 6. The molecule has 8 rings (SSSR count). The van der Waals surface area contributed by atoms with E-state index in [1.54, 1.807) is 24.2 Å². The van der Waals surface area contributed by atoms with Gasteiger partial charge in [0.05, 0.1) is 36.8 Å². The lowest BCUT2D eigenvalue weighted by Gasteiger charge is -2.46. The molecule has 13 heteroatoms. The number of ether oxygens (including phenoxy) is 2. The van der Waals surface area contributed by atoms with Gasteiger partial charge in [-0.25, -0.2) is 9.37 Å². The maximum atomic E-state index is 15.6. The Bertz CT molecular complexity index is 2090. The zero-order valence-electron chi connectivity index (χ0n) is 29.9. The molecule has 0 radical (unpaired) electrons. The fourth-order valence-corrected chi connectivity index (χ4v) is 8.16. The highest BCUT2D eigenvalue weighted by atomic mass is 19.1. The van der Waals surface area contributed by atoms with Crippen LogP contribution in [0.25, 0.3) is 11.1 Å². The molecule has 1 unspecified atom stereocenters. The van der Waals surface area contributed by atoms with E-state index in [0.29, 0.717) is 59.1 Å². The van der Waals surface area contributed by atoms with Gasteiger partial charge in [0.2, 0.25) is 0 Å². The molecule has 3 aromatic heterocycles. The Morgan fingerprint density at radius 3 is 2.62 bits per heavy atom. The lowest BCUT2D eigenvalue weighted by molar-refractivity contribution is -0.142. The van der Waals surface area contributed by atoms with E-state index in [-0.39, 0.29) is 23.8 Å². The van der Waals surface area contributed by atoms with Crippen LogP contribution in [0.2, 0.25) is 0 Å². The Morgan fingerprint density at radius 2 is 1.88 bits per heavy atom. The molecule has 2 saturated heterocycles. The fourth-order valence-electron chi connectivity index (χ4n) is 8.16. The van der Waals surface area contributed by atoms with Crippen molar-refractivity contribution in [3.63, 3.8) is 0 Å². The average Bonchev–Trinajstić information content (AvgIpc) is 3.49. The van der Waals surface area contributed by atoms with E-state index in [4.69, 9.17) is 9.47 Å². The van der Waals surface area contributed by atoms with Crippen LogP contribution in [-0.2, 0) is 47.3 Å². The average molecular weight is 710 g/mol. The molecular weight excluding hydrogens is 665 g/mol. The highest BCUT2D eigenvalue weighted by molar-refractivity contribution is 6.07. The molecule has 1 N–H and O–H groups in total. The molecule has 0 saturated carbocycles. The summed E-state index contributed by atoms with van der Waals surface area (Å²) in [6.07, 6.45) is 7.52. The zero-order valence-corrected chi connectivity index (χ0v) is 29.9. The number of anilines is 4. The third-order valence-electron chi connectivity index (χ3n) is 11.0. The first-order valence-electron chi connectivity index (χ1n) is 18.2. The van der Waals surface area contributed by atoms with Gasteiger partial charge in [-0.2, -0.15) is 0 Å². The van der Waals surface area contributed by atoms with Crippen LogP contribution in [-0.4, -0.2) is 82.4 Å². The standard InChI is InChI=1S/C39H44FN7O5/c1-24-19-44(30-21-51-22-30)10-11-45(24)29-8-9-37(41-18-29)42-33-14-27(20-43(3)38(33)49)31-16-28(40)17-35(32(31)23-52-25(2)48)47-13-12-46-34-7-5-4-6-26(34)15-36(46)39(47)50/h8-9,14-18,20,24,30H,4-7,10-13,19,21-23H2,1-3H3,(H,41,42). The van der Waals surface area contributed by atoms with Gasteiger partial charge < -0.3 is 33.7 Å². The molecule has 1 aliphatic carbocycles. The molecule has 0 spiro atoms. The second-order valence-corrected chi connectivity index (χ2v) is 14.4. The van der Waals surface area contributed by atoms with Crippen molar-refractivity contribution in [2.45, 2.75) is 64.8 Å². The Balaban J connectivity index is 1.09. The second kappa shape index (κ2) is 13.8. The summed E-state index contributed by atoms with van der Waals surface area (Å²) in [5.74, 6) is -0.793. The second-order valence-electron chi connectivity index (χ2n) is 14.4. The molecule has 12 nitrogen and oxygen atoms in total. The van der Waals surface area contributed by atoms with Crippen LogP contribution in [0.3, 0.4) is 0 Å². The van der Waals surface area contributed by atoms with Gasteiger partial charge in [-0.1, -0.05) is 0 Å². The number of nitrogens with one attached hydrogen (secondary N) is 1. The normalized spacial score (nSPS) is 19.2. The molecule has 2 fully saturated rings. The zero-order chi connectivity index (χ0) is 36.1. The van der Waals surface area contributed by atoms with Gasteiger partial charge in [0.1, 0.15) is 29.6 Å². The Labute approximate surface area is 301 Å². The summed E-state index contributed by atoms with van der Waals surface area (Å²) in [5.41, 5.74) is 5.70. The Morgan fingerprint density at radius 1 is 1.06 bits per heavy atom. The van der Waals surface area contributed by atoms with Crippen molar-refractivity contribution in [2.75, 3.05) is 54.5 Å². The topological polar surface area (TPSA) is 114 Å². The van der Waals surface area contributed by atoms with Crippen LogP contribution in [0.4, 0.5) is 27.3 Å². The molecule has 1 aromatic carbocycles. The van der Waals surface area contributed by atoms with Gasteiger partial charge in [0.15, 0.2) is 0 Å². The molecule has 6 heterocycles. The number of hydrogen-bond donors (Lipinski definition) is 1. The minimum atomic E-state index is -0.554. The number of hydrogen-bond acceptors (Lipinski definition) is 9. The van der Waals surface area contributed by atoms with E-state index < -0.39 is 11.8 Å². The van der Waals surface area contributed by atoms with Crippen molar-refractivity contribution in [3.8, 4) is 11.1 Å². The van der Waals surface area contributed by atoms with Gasteiger partial charge in [-0.05, 0) is 80.1 Å². The monoisotopic (exact) mass is 709 g/mol. The number of pyridine rings is 2. The molecular formula is C39H44FN7O5. The predicted molar refractivity (Wildman–Crippen MR) is 196 cm³/mol. The van der Waals surface area contributed by atoms with Crippen LogP contribution >= 0.6 is 0 Å². The van der Waals surface area contributed by atoms with Crippen LogP contribution in [0.1, 0.15) is 54.0 Å². The number of benzene rings is 1. The highest BCUT2D eigenvalue weighted by Gasteiger charge is 2.34. The first-order chi connectivity index (χ1) is 25.1. The highest BCUT2D eigenvalue weighted by Crippen LogP contribution is 2.37. The summed E-state index contributed by atoms with van der Waals surface area (Å²) in [4.78, 5) is 50.6. The van der Waals surface area contributed by atoms with E-state index >= 15 is 4.39 Å². The van der Waals surface area contributed by atoms with Crippen LogP contribution < -0.4 is 20.7 Å². The SMILES string of the molecule is CC(=O)OCc1c(-c2cc(Nc3ccc(N4CCN(C5COC5)CC4C)cn3)c(=O)n(C)c2)cc(F)cc1N1CCn2c(cc3c2CCCC3)C1=O. The fraction of sp³-hybridized carbons (Fsp3) is 0.436. The molecule has 1 amide bonds. The van der Waals surface area contributed by atoms with Gasteiger partial charge in [0, 0.05) is 75.8 Å². The third-order valence-corrected chi connectivity index (χ3v) is 11.0. The largest absolute Gasteiger partial charge is 0.461 e. The number of aromatic nitrogens is 3. The number of carbonyl (C=O) groups is 2. The lowest BCUT2D eigenvalue weighted by Crippen LogP contribution is -2.59. The molecule has 0 bridgehead atoms. The van der Waals surface area contributed by atoms with E-state index in [9.17, 15) is 14.4 Å². The molecule has 52 heavy (non-hydrogen) atoms. The van der Waals surface area contributed by atoms with E-state index in [1.165, 1.54) is 34.9 Å². The van der Waals surface area contributed by atoms with Gasteiger partial charge in [-0.3, -0.25) is 19.3 Å². The summed E-state index contributed by atoms with van der Waals surface area (Å²) in [6.45, 7) is 8.68. The summed E-state index contributed by atoms with van der Waals surface area (Å²) < 4.78 is 30.0. The first kappa shape index (κ1) is 34.1. The van der Waals surface area contributed by atoms with Gasteiger partial charge in [0.25, 0.3) is 11.5 Å². The molecule has 1 atom stereocenters. The Kier molecular flexibility index (Phi) is 9.08. The maximum absolute atomic E-state index is 15.6. The molecule has 3 aliphatic heterocycles. The van der Waals surface area contributed by atoms with Crippen LogP contribution in [0, 0.1) is 5.82 Å². The number of aryl methyl sites for hydroxylation is 2. The quantitative estimate of drug-likeness (QED) is 0.262. The van der Waals surface area contributed by atoms with Gasteiger partial charge in [-0.15, -0.1) is 0 Å². The number of piperazine rings is 1. The summed E-state index contributed by atoms with van der Waals surface area (Å²) in [7, 11) is 1.63. The predicted octanol–water partition coefficient (Wildman–Crippen LogP) is 4.64. The van der Waals surface area contributed by atoms with E-state index in [1.807, 2.05) is 24.4 Å². The maximum Gasteiger partial charge on any atom is 0.302 e. The van der Waals surface area contributed by atoms with Crippen molar-refractivity contribution in [3.05, 3.63) is 87.5 Å². The lowest BCUT2D eigenvalue weighted by atomic mass is 9.97. The summed E-state index contributed by atoms with van der Waals surface area (Å²) >= 11 is 0. The smallest absolute Gasteiger partial charge is 0.302 e. The van der Waals surface area contributed by atoms with Crippen molar-refractivity contribution < 1.29 is 23.5 Å². The number of fused-ring (bicyclic) bond motifs is 3. The molecule has 4 aliphatic rings. The Hall–Kier alpha value is -5.01. The number of amides is 1. The number of rotatable bonds is 8. The number of carbonyl (C=O) groups excluding carboxylic acids is 2.